The predicted molar refractivity (Wildman–Crippen MR) is 84.8 cm³/mol. The van der Waals surface area contributed by atoms with Crippen molar-refractivity contribution < 1.29 is 17.5 Å². The van der Waals surface area contributed by atoms with Crippen LogP contribution in [0.5, 0.6) is 0 Å². The van der Waals surface area contributed by atoms with Gasteiger partial charge < -0.3 is 4.48 Å². The Hall–Kier alpha value is -1.17. The van der Waals surface area contributed by atoms with Crippen molar-refractivity contribution in [3.8, 4) is 0 Å². The summed E-state index contributed by atoms with van der Waals surface area (Å²) < 4.78 is 30.1. The molecule has 0 bridgehead atoms. The topological polar surface area (TPSA) is 54.4 Å². The number of nitrogens with zero attached hydrogens (tertiary/aromatic N) is 1. The van der Waals surface area contributed by atoms with E-state index in [1.807, 2.05) is 6.07 Å². The van der Waals surface area contributed by atoms with Crippen LogP contribution in [0.15, 0.2) is 35.7 Å². The summed E-state index contributed by atoms with van der Waals surface area (Å²) >= 11 is 0. The van der Waals surface area contributed by atoms with Gasteiger partial charge in [-0.15, -0.1) is 0 Å². The summed E-state index contributed by atoms with van der Waals surface area (Å²) in [5, 5.41) is 0.752. The van der Waals surface area contributed by atoms with Gasteiger partial charge in [-0.3, -0.25) is 4.55 Å². The lowest BCUT2D eigenvalue weighted by Gasteiger charge is -2.30. The summed E-state index contributed by atoms with van der Waals surface area (Å²) in [5.41, 5.74) is 0.732. The van der Waals surface area contributed by atoms with Crippen LogP contribution in [0.1, 0.15) is 26.3 Å². The smallest absolute Gasteiger partial charge is 0.287 e. The Kier molecular flexibility index (Phi) is 8.37. The fourth-order valence-corrected chi connectivity index (χ4v) is 1.73. The Balaban J connectivity index is 0.000000396. The lowest BCUT2D eigenvalue weighted by molar-refractivity contribution is -0.904. The van der Waals surface area contributed by atoms with Gasteiger partial charge in [0, 0.05) is 0 Å². The van der Waals surface area contributed by atoms with E-state index in [0.29, 0.717) is 0 Å². The van der Waals surface area contributed by atoms with Crippen LogP contribution in [0.3, 0.4) is 0 Å². The first-order valence-electron chi connectivity index (χ1n) is 6.80. The number of quaternary nitrogens is 1. The molecule has 1 aromatic carbocycles. The summed E-state index contributed by atoms with van der Waals surface area (Å²) in [6, 6.07) is 8.86. The average Bonchev–Trinajstić information content (AvgIpc) is 2.45. The molecule has 0 radical (unpaired) electrons. The lowest BCUT2D eigenvalue weighted by atomic mass is 10.2. The molecular formula is C15H26NO3S+. The van der Waals surface area contributed by atoms with Crippen LogP contribution in [-0.4, -0.2) is 44.1 Å². The highest BCUT2D eigenvalue weighted by molar-refractivity contribution is 7.88. The molecule has 0 spiro atoms. The lowest BCUT2D eigenvalue weighted by Crippen LogP contribution is -2.42. The molecule has 0 amide bonds. The second-order valence-electron chi connectivity index (χ2n) is 4.80. The van der Waals surface area contributed by atoms with Crippen molar-refractivity contribution in [2.24, 2.45) is 0 Å². The standard InChI is InChI=1S/C8H8O3S.C7H18N/c9-12(10,11)7-6-8-4-2-1-3-5-8;1-5-8(4,6-2)7-3/h1-7H,(H,9,10,11);5-7H2,1-4H3/q;+1. The van der Waals surface area contributed by atoms with Crippen LogP contribution in [0.25, 0.3) is 6.08 Å². The van der Waals surface area contributed by atoms with Crippen molar-refractivity contribution in [2.45, 2.75) is 20.8 Å². The minimum Gasteiger partial charge on any atom is -0.327 e. The molecule has 1 N–H and O–H groups in total. The van der Waals surface area contributed by atoms with Gasteiger partial charge in [0.15, 0.2) is 0 Å². The Morgan fingerprint density at radius 1 is 1.05 bits per heavy atom. The van der Waals surface area contributed by atoms with Crippen molar-refractivity contribution in [1.82, 2.24) is 0 Å². The Morgan fingerprint density at radius 2 is 1.50 bits per heavy atom. The maximum absolute atomic E-state index is 10.3. The van der Waals surface area contributed by atoms with E-state index in [1.54, 1.807) is 24.3 Å². The quantitative estimate of drug-likeness (QED) is 0.672. The minimum atomic E-state index is -4.00. The SMILES string of the molecule is CC[N+](C)(CC)CC.O=S(=O)(O)C=Cc1ccccc1. The van der Waals surface area contributed by atoms with Crippen LogP contribution >= 0.6 is 0 Å². The zero-order chi connectivity index (χ0) is 15.6. The summed E-state index contributed by atoms with van der Waals surface area (Å²) in [7, 11) is -1.71. The molecule has 0 aliphatic rings. The van der Waals surface area contributed by atoms with Gasteiger partial charge in [-0.25, -0.2) is 0 Å². The molecule has 0 aliphatic heterocycles. The number of hydrogen-bond acceptors (Lipinski definition) is 2. The largest absolute Gasteiger partial charge is 0.327 e. The molecule has 0 unspecified atom stereocenters. The Labute approximate surface area is 123 Å². The van der Waals surface area contributed by atoms with Crippen molar-refractivity contribution in [3.63, 3.8) is 0 Å². The molecule has 0 aromatic heterocycles. The first kappa shape index (κ1) is 18.8. The Morgan fingerprint density at radius 3 is 1.80 bits per heavy atom. The third kappa shape index (κ3) is 8.85. The molecule has 0 aliphatic carbocycles. The zero-order valence-electron chi connectivity index (χ0n) is 12.8. The fourth-order valence-electron chi connectivity index (χ4n) is 1.40. The van der Waals surface area contributed by atoms with Crippen LogP contribution in [0, 0.1) is 0 Å². The molecule has 4 nitrogen and oxygen atoms in total. The van der Waals surface area contributed by atoms with Gasteiger partial charge in [-0.05, 0) is 32.4 Å². The van der Waals surface area contributed by atoms with E-state index < -0.39 is 10.1 Å². The van der Waals surface area contributed by atoms with Gasteiger partial charge in [0.05, 0.1) is 32.1 Å². The molecule has 1 rings (SSSR count). The van der Waals surface area contributed by atoms with E-state index in [1.165, 1.54) is 30.2 Å². The minimum absolute atomic E-state index is 0.732. The normalized spacial score (nSPS) is 12.1. The summed E-state index contributed by atoms with van der Waals surface area (Å²) in [4.78, 5) is 0. The summed E-state index contributed by atoms with van der Waals surface area (Å²) in [5.74, 6) is 0. The highest BCUT2D eigenvalue weighted by atomic mass is 32.2. The van der Waals surface area contributed by atoms with Gasteiger partial charge in [-0.2, -0.15) is 8.42 Å². The van der Waals surface area contributed by atoms with Gasteiger partial charge in [0.1, 0.15) is 0 Å². The van der Waals surface area contributed by atoms with E-state index in [9.17, 15) is 8.42 Å². The average molecular weight is 300 g/mol. The summed E-state index contributed by atoms with van der Waals surface area (Å²) in [6.45, 7) is 10.5. The molecule has 1 aromatic rings. The number of rotatable bonds is 5. The molecule has 20 heavy (non-hydrogen) atoms. The van der Waals surface area contributed by atoms with Crippen molar-refractivity contribution >= 4 is 16.2 Å². The van der Waals surface area contributed by atoms with Crippen LogP contribution < -0.4 is 0 Å². The van der Waals surface area contributed by atoms with E-state index >= 15 is 0 Å². The van der Waals surface area contributed by atoms with Gasteiger partial charge in [0.25, 0.3) is 10.1 Å². The van der Waals surface area contributed by atoms with Crippen molar-refractivity contribution in [1.29, 1.82) is 0 Å². The Bertz CT molecular complexity index is 483. The third-order valence-corrected chi connectivity index (χ3v) is 4.00. The van der Waals surface area contributed by atoms with E-state index in [2.05, 4.69) is 27.8 Å². The van der Waals surface area contributed by atoms with Crippen LogP contribution in [0.2, 0.25) is 0 Å². The summed E-state index contributed by atoms with van der Waals surface area (Å²) in [6.07, 6.45) is 1.33. The maximum Gasteiger partial charge on any atom is 0.287 e. The molecule has 0 atom stereocenters. The van der Waals surface area contributed by atoms with Crippen molar-refractivity contribution in [2.75, 3.05) is 26.7 Å². The van der Waals surface area contributed by atoms with Crippen LogP contribution in [0.4, 0.5) is 0 Å². The third-order valence-electron chi connectivity index (χ3n) is 3.52. The monoisotopic (exact) mass is 300 g/mol. The zero-order valence-corrected chi connectivity index (χ0v) is 13.6. The predicted octanol–water partition coefficient (Wildman–Crippen LogP) is 3.04. The molecule has 0 fully saturated rings. The van der Waals surface area contributed by atoms with Gasteiger partial charge in [0.2, 0.25) is 0 Å². The number of hydrogen-bond donors (Lipinski definition) is 1. The van der Waals surface area contributed by atoms with Crippen molar-refractivity contribution in [3.05, 3.63) is 41.3 Å². The van der Waals surface area contributed by atoms with Crippen LogP contribution in [-0.2, 0) is 10.1 Å². The van der Waals surface area contributed by atoms with E-state index in [-0.39, 0.29) is 0 Å². The molecule has 5 heteroatoms. The highest BCUT2D eigenvalue weighted by Crippen LogP contribution is 2.02. The second kappa shape index (κ2) is 8.89. The molecular weight excluding hydrogens is 274 g/mol. The molecule has 0 saturated carbocycles. The second-order valence-corrected chi connectivity index (χ2v) is 6.10. The molecule has 114 valence electrons. The molecule has 0 heterocycles. The number of benzene rings is 1. The first-order chi connectivity index (χ1) is 9.26. The fraction of sp³-hybridized carbons (Fsp3) is 0.467. The molecule has 0 saturated heterocycles. The first-order valence-corrected chi connectivity index (χ1v) is 8.30. The van der Waals surface area contributed by atoms with E-state index in [4.69, 9.17) is 4.55 Å². The van der Waals surface area contributed by atoms with Gasteiger partial charge >= 0.3 is 0 Å². The highest BCUT2D eigenvalue weighted by Gasteiger charge is 2.10. The maximum atomic E-state index is 10.3. The van der Waals surface area contributed by atoms with Gasteiger partial charge in [-0.1, -0.05) is 30.3 Å². The van der Waals surface area contributed by atoms with E-state index in [0.717, 1.165) is 11.0 Å².